The second kappa shape index (κ2) is 6.39. The van der Waals surface area contributed by atoms with Crippen LogP contribution in [0.15, 0.2) is 36.4 Å². The van der Waals surface area contributed by atoms with Gasteiger partial charge in [0.25, 0.3) is 0 Å². The first-order valence-corrected chi connectivity index (χ1v) is 8.18. The summed E-state index contributed by atoms with van der Waals surface area (Å²) in [5.41, 5.74) is 5.37. The molecule has 0 saturated heterocycles. The van der Waals surface area contributed by atoms with E-state index in [-0.39, 0.29) is 6.04 Å². The molecular formula is C18H19Cl2N. The smallest absolute Gasteiger partial charge is 0.0575 e. The van der Waals surface area contributed by atoms with Gasteiger partial charge in [0.15, 0.2) is 0 Å². The Kier molecular flexibility index (Phi) is 4.54. The second-order valence-corrected chi connectivity index (χ2v) is 6.53. The van der Waals surface area contributed by atoms with Gasteiger partial charge in [0.2, 0.25) is 0 Å². The van der Waals surface area contributed by atoms with Crippen molar-refractivity contribution in [2.75, 3.05) is 7.05 Å². The number of nitrogens with one attached hydrogen (secondary N) is 1. The maximum absolute atomic E-state index is 6.14. The van der Waals surface area contributed by atoms with Crippen LogP contribution in [0.3, 0.4) is 0 Å². The van der Waals surface area contributed by atoms with E-state index in [1.165, 1.54) is 42.4 Å². The Morgan fingerprint density at radius 1 is 0.857 bits per heavy atom. The van der Waals surface area contributed by atoms with Crippen LogP contribution < -0.4 is 5.32 Å². The van der Waals surface area contributed by atoms with Gasteiger partial charge in [-0.3, -0.25) is 0 Å². The lowest BCUT2D eigenvalue weighted by Gasteiger charge is -2.22. The third-order valence-corrected chi connectivity index (χ3v) is 4.65. The summed E-state index contributed by atoms with van der Waals surface area (Å²) in [4.78, 5) is 0. The van der Waals surface area contributed by atoms with Crippen molar-refractivity contribution >= 4 is 23.2 Å². The van der Waals surface area contributed by atoms with Crippen molar-refractivity contribution in [3.8, 4) is 0 Å². The second-order valence-electron chi connectivity index (χ2n) is 5.66. The molecule has 1 aliphatic rings. The predicted octanol–water partition coefficient (Wildman–Crippen LogP) is 5.18. The maximum atomic E-state index is 6.14. The zero-order valence-electron chi connectivity index (χ0n) is 12.1. The van der Waals surface area contributed by atoms with E-state index in [1.54, 1.807) is 6.07 Å². The molecular weight excluding hydrogens is 301 g/mol. The molecule has 21 heavy (non-hydrogen) atoms. The van der Waals surface area contributed by atoms with Crippen LogP contribution in [0.5, 0.6) is 0 Å². The molecule has 1 N–H and O–H groups in total. The minimum Gasteiger partial charge on any atom is -0.309 e. The highest BCUT2D eigenvalue weighted by molar-refractivity contribution is 6.34. The molecule has 0 radical (unpaired) electrons. The molecule has 0 amide bonds. The van der Waals surface area contributed by atoms with Gasteiger partial charge in [-0.05, 0) is 73.2 Å². The molecule has 0 heterocycles. The van der Waals surface area contributed by atoms with Crippen LogP contribution >= 0.6 is 23.2 Å². The fraction of sp³-hybridized carbons (Fsp3) is 0.333. The van der Waals surface area contributed by atoms with Crippen molar-refractivity contribution in [2.24, 2.45) is 0 Å². The van der Waals surface area contributed by atoms with Gasteiger partial charge in [-0.1, -0.05) is 41.4 Å². The molecule has 1 nitrogen and oxygen atoms in total. The minimum atomic E-state index is 0.119. The normalized spacial score (nSPS) is 15.6. The molecule has 0 aromatic heterocycles. The van der Waals surface area contributed by atoms with Gasteiger partial charge in [-0.2, -0.15) is 0 Å². The van der Waals surface area contributed by atoms with E-state index in [0.29, 0.717) is 10.0 Å². The topological polar surface area (TPSA) is 12.0 Å². The molecule has 1 atom stereocenters. The molecule has 2 aromatic carbocycles. The average Bonchev–Trinajstić information content (AvgIpc) is 2.47. The Morgan fingerprint density at radius 2 is 1.52 bits per heavy atom. The van der Waals surface area contributed by atoms with E-state index in [2.05, 4.69) is 23.5 Å². The lowest BCUT2D eigenvalue weighted by molar-refractivity contribution is 0.668. The summed E-state index contributed by atoms with van der Waals surface area (Å²) in [6, 6.07) is 12.7. The minimum absolute atomic E-state index is 0.119. The molecule has 2 aromatic rings. The zero-order chi connectivity index (χ0) is 14.8. The summed E-state index contributed by atoms with van der Waals surface area (Å²) >= 11 is 12.3. The lowest BCUT2D eigenvalue weighted by atomic mass is 9.88. The number of halogens is 2. The highest BCUT2D eigenvalue weighted by Gasteiger charge is 2.16. The van der Waals surface area contributed by atoms with Crippen LogP contribution in [0.4, 0.5) is 0 Å². The van der Waals surface area contributed by atoms with Crippen LogP contribution in [-0.2, 0) is 12.8 Å². The molecule has 1 unspecified atom stereocenters. The predicted molar refractivity (Wildman–Crippen MR) is 90.4 cm³/mol. The summed E-state index contributed by atoms with van der Waals surface area (Å²) in [5, 5.41) is 4.73. The first-order valence-electron chi connectivity index (χ1n) is 7.42. The molecule has 0 spiro atoms. The Bertz CT molecular complexity index is 631. The van der Waals surface area contributed by atoms with E-state index < -0.39 is 0 Å². The Balaban J connectivity index is 1.99. The average molecular weight is 320 g/mol. The van der Waals surface area contributed by atoms with E-state index >= 15 is 0 Å². The van der Waals surface area contributed by atoms with Crippen molar-refractivity contribution in [1.82, 2.24) is 5.32 Å². The number of hydrogen-bond acceptors (Lipinski definition) is 1. The molecule has 3 heteroatoms. The number of rotatable bonds is 3. The van der Waals surface area contributed by atoms with Crippen LogP contribution in [0.2, 0.25) is 10.0 Å². The number of benzene rings is 2. The fourth-order valence-electron chi connectivity index (χ4n) is 3.20. The first-order chi connectivity index (χ1) is 10.2. The van der Waals surface area contributed by atoms with Gasteiger partial charge in [0, 0.05) is 10.0 Å². The van der Waals surface area contributed by atoms with Crippen molar-refractivity contribution < 1.29 is 0 Å². The van der Waals surface area contributed by atoms with Crippen molar-refractivity contribution in [3.05, 3.63) is 68.7 Å². The van der Waals surface area contributed by atoms with Gasteiger partial charge in [0.05, 0.1) is 6.04 Å². The molecule has 0 aliphatic heterocycles. The largest absolute Gasteiger partial charge is 0.309 e. The monoisotopic (exact) mass is 319 g/mol. The van der Waals surface area contributed by atoms with Gasteiger partial charge < -0.3 is 5.32 Å². The van der Waals surface area contributed by atoms with Gasteiger partial charge in [-0.15, -0.1) is 0 Å². The molecule has 0 fully saturated rings. The summed E-state index contributed by atoms with van der Waals surface area (Å²) in [6.07, 6.45) is 5.01. The Labute approximate surface area is 136 Å². The van der Waals surface area contributed by atoms with Crippen LogP contribution in [0, 0.1) is 0 Å². The molecule has 1 aliphatic carbocycles. The zero-order valence-corrected chi connectivity index (χ0v) is 13.6. The molecule has 0 bridgehead atoms. The van der Waals surface area contributed by atoms with Crippen LogP contribution in [-0.4, -0.2) is 7.05 Å². The SMILES string of the molecule is CNC(c1cc(Cl)cc(Cl)c1)c1ccc2c(c1)CCCC2. The highest BCUT2D eigenvalue weighted by atomic mass is 35.5. The number of aryl methyl sites for hydroxylation is 2. The summed E-state index contributed by atoms with van der Waals surface area (Å²) < 4.78 is 0. The molecule has 110 valence electrons. The quantitative estimate of drug-likeness (QED) is 0.821. The fourth-order valence-corrected chi connectivity index (χ4v) is 3.74. The van der Waals surface area contributed by atoms with Crippen molar-refractivity contribution in [3.63, 3.8) is 0 Å². The van der Waals surface area contributed by atoms with Gasteiger partial charge in [0.1, 0.15) is 0 Å². The summed E-state index contributed by atoms with van der Waals surface area (Å²) in [5.74, 6) is 0. The Morgan fingerprint density at radius 3 is 2.19 bits per heavy atom. The van der Waals surface area contributed by atoms with E-state index in [9.17, 15) is 0 Å². The van der Waals surface area contributed by atoms with E-state index in [4.69, 9.17) is 23.2 Å². The summed E-state index contributed by atoms with van der Waals surface area (Å²) in [7, 11) is 1.97. The summed E-state index contributed by atoms with van der Waals surface area (Å²) in [6.45, 7) is 0. The van der Waals surface area contributed by atoms with E-state index in [1.807, 2.05) is 19.2 Å². The third kappa shape index (κ3) is 3.26. The van der Waals surface area contributed by atoms with Crippen LogP contribution in [0.25, 0.3) is 0 Å². The van der Waals surface area contributed by atoms with E-state index in [0.717, 1.165) is 5.56 Å². The maximum Gasteiger partial charge on any atom is 0.0575 e. The highest BCUT2D eigenvalue weighted by Crippen LogP contribution is 2.30. The first kappa shape index (κ1) is 14.9. The Hall–Kier alpha value is -1.02. The third-order valence-electron chi connectivity index (χ3n) is 4.21. The number of hydrogen-bond donors (Lipinski definition) is 1. The molecule has 0 saturated carbocycles. The van der Waals surface area contributed by atoms with Crippen molar-refractivity contribution in [1.29, 1.82) is 0 Å². The number of fused-ring (bicyclic) bond motifs is 1. The van der Waals surface area contributed by atoms with Gasteiger partial charge >= 0.3 is 0 Å². The standard InChI is InChI=1S/C18H19Cl2N/c1-21-18(15-9-16(19)11-17(20)10-15)14-7-6-12-4-2-3-5-13(12)8-14/h6-11,18,21H,2-5H2,1H3. The lowest BCUT2D eigenvalue weighted by Crippen LogP contribution is -2.18. The van der Waals surface area contributed by atoms with Crippen LogP contribution in [0.1, 0.15) is 41.1 Å². The molecule has 3 rings (SSSR count). The van der Waals surface area contributed by atoms with Gasteiger partial charge in [-0.25, -0.2) is 0 Å². The van der Waals surface area contributed by atoms with Crippen molar-refractivity contribution in [2.45, 2.75) is 31.7 Å².